The summed E-state index contributed by atoms with van der Waals surface area (Å²) in [5.41, 5.74) is 10.2. The lowest BCUT2D eigenvalue weighted by Crippen LogP contribution is -2.43. The summed E-state index contributed by atoms with van der Waals surface area (Å²) in [4.78, 5) is 27.4. The van der Waals surface area contributed by atoms with Crippen molar-refractivity contribution in [1.29, 1.82) is 0 Å². The Morgan fingerprint density at radius 3 is 2.19 bits per heavy atom. The van der Waals surface area contributed by atoms with Crippen molar-refractivity contribution < 1.29 is 9.59 Å². The molecular formula is C27H27N3O2. The molecular weight excluding hydrogens is 398 g/mol. The number of nitrogens with two attached hydrogens (primary N) is 1. The van der Waals surface area contributed by atoms with Crippen molar-refractivity contribution in [3.05, 3.63) is 95.6 Å². The van der Waals surface area contributed by atoms with E-state index in [1.807, 2.05) is 91.0 Å². The summed E-state index contributed by atoms with van der Waals surface area (Å²) in [6, 6.07) is 24.6. The lowest BCUT2D eigenvalue weighted by Gasteiger charge is -2.24. The van der Waals surface area contributed by atoms with Gasteiger partial charge in [0.1, 0.15) is 6.04 Å². The summed E-state index contributed by atoms with van der Waals surface area (Å²) >= 11 is 0. The minimum Gasteiger partial charge on any atom is -0.399 e. The first-order valence-corrected chi connectivity index (χ1v) is 10.9. The van der Waals surface area contributed by atoms with Gasteiger partial charge in [-0.2, -0.15) is 0 Å². The van der Waals surface area contributed by atoms with E-state index in [1.165, 1.54) is 0 Å². The Hall–Kier alpha value is -3.86. The predicted octanol–water partition coefficient (Wildman–Crippen LogP) is 4.61. The van der Waals surface area contributed by atoms with E-state index >= 15 is 0 Å². The van der Waals surface area contributed by atoms with Gasteiger partial charge in [-0.3, -0.25) is 9.59 Å². The van der Waals surface area contributed by atoms with Gasteiger partial charge in [0.25, 0.3) is 0 Å². The zero-order chi connectivity index (χ0) is 22.3. The third kappa shape index (κ3) is 5.43. The van der Waals surface area contributed by atoms with Crippen molar-refractivity contribution in [3.8, 4) is 0 Å². The Morgan fingerprint density at radius 1 is 0.906 bits per heavy atom. The van der Waals surface area contributed by atoms with Gasteiger partial charge in [-0.15, -0.1) is 0 Å². The smallest absolute Gasteiger partial charge is 0.247 e. The number of anilines is 2. The van der Waals surface area contributed by atoms with Crippen LogP contribution >= 0.6 is 0 Å². The number of nitrogens with one attached hydrogen (secondary N) is 1. The molecule has 1 heterocycles. The van der Waals surface area contributed by atoms with Crippen LogP contribution in [0.4, 0.5) is 11.4 Å². The zero-order valence-electron chi connectivity index (χ0n) is 17.9. The minimum absolute atomic E-state index is 0.00277. The molecule has 1 fully saturated rings. The van der Waals surface area contributed by atoms with Crippen molar-refractivity contribution >= 4 is 35.3 Å². The number of carbonyl (C=O) groups is 2. The van der Waals surface area contributed by atoms with Gasteiger partial charge in [-0.05, 0) is 53.8 Å². The minimum atomic E-state index is -0.420. The molecule has 5 nitrogen and oxygen atoms in total. The van der Waals surface area contributed by atoms with E-state index < -0.39 is 6.04 Å². The molecule has 2 amide bonds. The molecule has 0 spiro atoms. The highest BCUT2D eigenvalue weighted by molar-refractivity contribution is 5.97. The van der Waals surface area contributed by atoms with Crippen LogP contribution in [0.2, 0.25) is 0 Å². The number of nitrogens with zero attached hydrogens (tertiary/aromatic N) is 1. The van der Waals surface area contributed by atoms with E-state index in [4.69, 9.17) is 5.73 Å². The second-order valence-corrected chi connectivity index (χ2v) is 8.02. The van der Waals surface area contributed by atoms with Crippen molar-refractivity contribution in [2.75, 3.05) is 17.6 Å². The molecule has 3 aromatic carbocycles. The second-order valence-electron chi connectivity index (χ2n) is 8.02. The molecule has 3 aromatic rings. The summed E-state index contributed by atoms with van der Waals surface area (Å²) in [6.07, 6.45) is 5.88. The fourth-order valence-corrected chi connectivity index (χ4v) is 3.91. The van der Waals surface area contributed by atoms with Crippen LogP contribution < -0.4 is 11.1 Å². The standard InChI is InChI=1S/C27H27N3O2/c28-23-14-10-20(11-15-23)8-9-21-12-16-24(17-13-21)29-27(32)25-7-4-18-30(25)26(31)19-22-5-2-1-3-6-22/h1-3,5-6,8-17,25H,4,7,18-19,28H2,(H,29,32)/b9-8+/t25-/m0/s1. The molecule has 3 N–H and O–H groups in total. The monoisotopic (exact) mass is 425 g/mol. The van der Waals surface area contributed by atoms with Crippen molar-refractivity contribution in [1.82, 2.24) is 4.90 Å². The maximum Gasteiger partial charge on any atom is 0.247 e. The molecule has 1 aliphatic rings. The van der Waals surface area contributed by atoms with Gasteiger partial charge in [-0.25, -0.2) is 0 Å². The second kappa shape index (κ2) is 9.96. The van der Waals surface area contributed by atoms with E-state index in [0.717, 1.165) is 34.5 Å². The number of rotatable bonds is 6. The van der Waals surface area contributed by atoms with E-state index in [9.17, 15) is 9.59 Å². The molecule has 1 atom stereocenters. The molecule has 0 saturated carbocycles. The average molecular weight is 426 g/mol. The van der Waals surface area contributed by atoms with Crippen LogP contribution in [0.15, 0.2) is 78.9 Å². The van der Waals surface area contributed by atoms with Gasteiger partial charge >= 0.3 is 0 Å². The number of hydrogen-bond donors (Lipinski definition) is 2. The molecule has 0 radical (unpaired) electrons. The quantitative estimate of drug-likeness (QED) is 0.447. The largest absolute Gasteiger partial charge is 0.399 e. The molecule has 32 heavy (non-hydrogen) atoms. The molecule has 0 aliphatic carbocycles. The third-order valence-electron chi connectivity index (χ3n) is 5.66. The highest BCUT2D eigenvalue weighted by atomic mass is 16.2. The Morgan fingerprint density at radius 2 is 1.53 bits per heavy atom. The van der Waals surface area contributed by atoms with Gasteiger partial charge in [0.15, 0.2) is 0 Å². The maximum atomic E-state index is 12.9. The SMILES string of the molecule is Nc1ccc(/C=C/c2ccc(NC(=O)[C@@H]3CCCN3C(=O)Cc3ccccc3)cc2)cc1. The van der Waals surface area contributed by atoms with E-state index in [0.29, 0.717) is 19.4 Å². The first kappa shape index (κ1) is 21.4. The highest BCUT2D eigenvalue weighted by Gasteiger charge is 2.33. The lowest BCUT2D eigenvalue weighted by atomic mass is 10.1. The molecule has 1 saturated heterocycles. The Labute approximate surface area is 188 Å². The maximum absolute atomic E-state index is 12.9. The molecule has 0 bridgehead atoms. The van der Waals surface area contributed by atoms with Crippen LogP contribution in [0.1, 0.15) is 29.5 Å². The summed E-state index contributed by atoms with van der Waals surface area (Å²) in [7, 11) is 0. The Balaban J connectivity index is 1.35. The van der Waals surface area contributed by atoms with Crippen LogP contribution in [0.3, 0.4) is 0 Å². The van der Waals surface area contributed by atoms with Crippen LogP contribution in [-0.4, -0.2) is 29.3 Å². The van der Waals surface area contributed by atoms with Gasteiger partial charge in [-0.1, -0.05) is 66.7 Å². The van der Waals surface area contributed by atoms with Crippen LogP contribution in [0.25, 0.3) is 12.2 Å². The average Bonchev–Trinajstić information content (AvgIpc) is 3.31. The van der Waals surface area contributed by atoms with E-state index in [-0.39, 0.29) is 11.8 Å². The molecule has 0 aromatic heterocycles. The zero-order valence-corrected chi connectivity index (χ0v) is 17.9. The Kier molecular flexibility index (Phi) is 6.66. The van der Waals surface area contributed by atoms with Crippen LogP contribution in [-0.2, 0) is 16.0 Å². The number of amides is 2. The molecule has 162 valence electrons. The number of hydrogen-bond acceptors (Lipinski definition) is 3. The molecule has 1 aliphatic heterocycles. The van der Waals surface area contributed by atoms with Gasteiger partial charge in [0.05, 0.1) is 6.42 Å². The summed E-state index contributed by atoms with van der Waals surface area (Å²) < 4.78 is 0. The molecule has 0 unspecified atom stereocenters. The van der Waals surface area contributed by atoms with Crippen molar-refractivity contribution in [2.45, 2.75) is 25.3 Å². The number of likely N-dealkylation sites (tertiary alicyclic amines) is 1. The van der Waals surface area contributed by atoms with E-state index in [2.05, 4.69) is 5.32 Å². The fourth-order valence-electron chi connectivity index (χ4n) is 3.91. The van der Waals surface area contributed by atoms with Gasteiger partial charge in [0.2, 0.25) is 11.8 Å². The number of benzene rings is 3. The first-order valence-electron chi connectivity index (χ1n) is 10.9. The topological polar surface area (TPSA) is 75.4 Å². The van der Waals surface area contributed by atoms with Crippen LogP contribution in [0.5, 0.6) is 0 Å². The first-order chi connectivity index (χ1) is 15.6. The van der Waals surface area contributed by atoms with E-state index in [1.54, 1.807) is 4.90 Å². The number of carbonyl (C=O) groups excluding carboxylic acids is 2. The lowest BCUT2D eigenvalue weighted by molar-refractivity contribution is -0.136. The summed E-state index contributed by atoms with van der Waals surface area (Å²) in [5.74, 6) is -0.133. The van der Waals surface area contributed by atoms with Crippen LogP contribution in [0, 0.1) is 0 Å². The predicted molar refractivity (Wildman–Crippen MR) is 130 cm³/mol. The van der Waals surface area contributed by atoms with Crippen molar-refractivity contribution in [3.63, 3.8) is 0 Å². The highest BCUT2D eigenvalue weighted by Crippen LogP contribution is 2.21. The summed E-state index contributed by atoms with van der Waals surface area (Å²) in [5, 5.41) is 2.97. The van der Waals surface area contributed by atoms with Gasteiger partial charge in [0, 0.05) is 17.9 Å². The van der Waals surface area contributed by atoms with Crippen molar-refractivity contribution in [2.24, 2.45) is 0 Å². The third-order valence-corrected chi connectivity index (χ3v) is 5.66. The molecule has 5 heteroatoms. The molecule has 4 rings (SSSR count). The normalized spacial score (nSPS) is 15.8. The number of nitrogen functional groups attached to an aromatic ring is 1. The Bertz CT molecular complexity index is 1090. The summed E-state index contributed by atoms with van der Waals surface area (Å²) in [6.45, 7) is 0.624. The van der Waals surface area contributed by atoms with Gasteiger partial charge < -0.3 is 16.0 Å². The fraction of sp³-hybridized carbons (Fsp3) is 0.185.